The molecule has 0 radical (unpaired) electrons. The van der Waals surface area contributed by atoms with Gasteiger partial charge < -0.3 is 10.2 Å². The molecule has 25 heavy (non-hydrogen) atoms. The van der Waals surface area contributed by atoms with Crippen molar-refractivity contribution in [3.8, 4) is 6.07 Å². The molecule has 2 heterocycles. The zero-order chi connectivity index (χ0) is 18.2. The van der Waals surface area contributed by atoms with E-state index in [4.69, 9.17) is 0 Å². The molecule has 2 fully saturated rings. The number of fused-ring (bicyclic) bond motifs is 1. The highest BCUT2D eigenvalue weighted by molar-refractivity contribution is 7.91. The molecule has 0 saturated carbocycles. The van der Waals surface area contributed by atoms with Crippen LogP contribution in [0.4, 0.5) is 5.69 Å². The Morgan fingerprint density at radius 3 is 2.60 bits per heavy atom. The first-order valence-electron chi connectivity index (χ1n) is 7.73. The van der Waals surface area contributed by atoms with E-state index in [0.29, 0.717) is 11.3 Å². The number of nitrogens with zero attached hydrogens (tertiary/aromatic N) is 2. The molecule has 7 nitrogen and oxygen atoms in total. The minimum absolute atomic E-state index is 0.0448. The number of carbonyl (C=O) groups excluding carboxylic acids is 2. The summed E-state index contributed by atoms with van der Waals surface area (Å²) in [6, 6.07) is 8.53. The Morgan fingerprint density at radius 1 is 1.36 bits per heavy atom. The molecule has 1 aromatic rings. The molecule has 2 saturated heterocycles. The third-order valence-corrected chi connectivity index (χ3v) is 6.59. The monoisotopic (exact) mass is 359 g/mol. The summed E-state index contributed by atoms with van der Waals surface area (Å²) in [4.78, 5) is 25.5. The zero-order valence-electron chi connectivity index (χ0n) is 13.4. The summed E-state index contributed by atoms with van der Waals surface area (Å²) in [5, 5.41) is 12.1. The van der Waals surface area contributed by atoms with Gasteiger partial charge >= 0.3 is 0 Å². The molecule has 130 valence electrons. The highest BCUT2D eigenvalue weighted by Gasteiger charge is 2.57. The summed E-state index contributed by atoms with van der Waals surface area (Å²) in [5.74, 6) is -1.15. The number of hydrogen-bond acceptors (Lipinski definition) is 5. The number of anilines is 1. The van der Waals surface area contributed by atoms with Gasteiger partial charge in [0.2, 0.25) is 5.91 Å². The minimum Gasteiger partial charge on any atom is -0.337 e. The van der Waals surface area contributed by atoms with E-state index in [2.05, 4.69) is 18.0 Å². The molecule has 0 bridgehead atoms. The van der Waals surface area contributed by atoms with Gasteiger partial charge in [0, 0.05) is 30.3 Å². The molecule has 0 aromatic heterocycles. The van der Waals surface area contributed by atoms with Gasteiger partial charge in [-0.3, -0.25) is 9.59 Å². The van der Waals surface area contributed by atoms with Crippen LogP contribution in [-0.4, -0.2) is 49.7 Å². The summed E-state index contributed by atoms with van der Waals surface area (Å²) in [6.45, 7) is 3.76. The molecule has 1 N–H and O–H groups in total. The smallest absolute Gasteiger partial charge is 0.253 e. The number of likely N-dealkylation sites (tertiary alicyclic amines) is 1. The highest BCUT2D eigenvalue weighted by atomic mass is 32.2. The number of nitriles is 1. The van der Waals surface area contributed by atoms with Crippen molar-refractivity contribution in [1.29, 1.82) is 5.26 Å². The fraction of sp³-hybridized carbons (Fsp3) is 0.353. The lowest BCUT2D eigenvalue weighted by Gasteiger charge is -2.19. The van der Waals surface area contributed by atoms with Crippen LogP contribution in [0.5, 0.6) is 0 Å². The van der Waals surface area contributed by atoms with Crippen molar-refractivity contribution in [2.75, 3.05) is 29.9 Å². The average molecular weight is 359 g/mol. The SMILES string of the molecule is C=CC(=O)Nc1ccc(C(=O)N2C[C@@H]3CS(=O)(=O)C[C@]3(C#N)C2)cc1. The van der Waals surface area contributed by atoms with E-state index in [0.717, 1.165) is 6.08 Å². The Balaban J connectivity index is 1.74. The number of carbonyl (C=O) groups is 2. The minimum atomic E-state index is -3.22. The van der Waals surface area contributed by atoms with E-state index < -0.39 is 15.3 Å². The first-order valence-corrected chi connectivity index (χ1v) is 9.55. The highest BCUT2D eigenvalue weighted by Crippen LogP contribution is 2.43. The topological polar surface area (TPSA) is 107 Å². The summed E-state index contributed by atoms with van der Waals surface area (Å²) >= 11 is 0. The predicted molar refractivity (Wildman–Crippen MR) is 91.4 cm³/mol. The maximum atomic E-state index is 12.7. The lowest BCUT2D eigenvalue weighted by atomic mass is 9.83. The molecule has 8 heteroatoms. The standard InChI is InChI=1S/C17H17N3O4S/c1-2-15(21)19-14-5-3-12(4-6-14)16(22)20-7-13-8-25(23,24)11-17(13,9-18)10-20/h2-6,13H,1,7-8,10-11H2,(H,19,21)/t13-,17+/m1/s1. The quantitative estimate of drug-likeness (QED) is 0.804. The van der Waals surface area contributed by atoms with Crippen molar-refractivity contribution >= 4 is 27.3 Å². The van der Waals surface area contributed by atoms with Gasteiger partial charge in [-0.15, -0.1) is 0 Å². The number of amides is 2. The summed E-state index contributed by atoms with van der Waals surface area (Å²) in [5.41, 5.74) is -0.0290. The molecule has 2 aliphatic rings. The van der Waals surface area contributed by atoms with Crippen LogP contribution in [0.2, 0.25) is 0 Å². The van der Waals surface area contributed by atoms with Gasteiger partial charge in [0.25, 0.3) is 5.91 Å². The summed E-state index contributed by atoms with van der Waals surface area (Å²) in [6.07, 6.45) is 1.15. The lowest BCUT2D eigenvalue weighted by molar-refractivity contribution is -0.111. The maximum absolute atomic E-state index is 12.7. The first-order chi connectivity index (χ1) is 11.8. The predicted octanol–water partition coefficient (Wildman–Crippen LogP) is 0.821. The van der Waals surface area contributed by atoms with Gasteiger partial charge in [-0.2, -0.15) is 5.26 Å². The normalized spacial score (nSPS) is 26.5. The van der Waals surface area contributed by atoms with Crippen LogP contribution >= 0.6 is 0 Å². The third-order valence-electron chi connectivity index (χ3n) is 4.72. The van der Waals surface area contributed by atoms with Crippen LogP contribution in [0, 0.1) is 22.7 Å². The second-order valence-electron chi connectivity index (χ2n) is 6.48. The fourth-order valence-electron chi connectivity index (χ4n) is 3.49. The van der Waals surface area contributed by atoms with Gasteiger partial charge in [0.05, 0.1) is 23.0 Å². The Bertz CT molecular complexity index is 885. The zero-order valence-corrected chi connectivity index (χ0v) is 14.3. The second kappa shape index (κ2) is 6.01. The van der Waals surface area contributed by atoms with Crippen molar-refractivity contribution in [1.82, 2.24) is 4.90 Å². The Kier molecular flexibility index (Phi) is 4.13. The van der Waals surface area contributed by atoms with E-state index in [-0.39, 0.29) is 42.3 Å². The van der Waals surface area contributed by atoms with Crippen LogP contribution in [0.15, 0.2) is 36.9 Å². The van der Waals surface area contributed by atoms with Gasteiger partial charge in [0.15, 0.2) is 9.84 Å². The molecule has 2 amide bonds. The second-order valence-corrected chi connectivity index (χ2v) is 8.58. The first kappa shape index (κ1) is 17.2. The van der Waals surface area contributed by atoms with E-state index in [1.165, 1.54) is 0 Å². The van der Waals surface area contributed by atoms with Crippen LogP contribution in [-0.2, 0) is 14.6 Å². The number of benzene rings is 1. The number of rotatable bonds is 3. The number of hydrogen-bond donors (Lipinski definition) is 1. The molecule has 0 unspecified atom stereocenters. The van der Waals surface area contributed by atoms with Crippen LogP contribution in [0.3, 0.4) is 0 Å². The molecule has 0 aliphatic carbocycles. The lowest BCUT2D eigenvalue weighted by Crippen LogP contribution is -2.34. The molecular weight excluding hydrogens is 342 g/mol. The van der Waals surface area contributed by atoms with Crippen molar-refractivity contribution < 1.29 is 18.0 Å². The van der Waals surface area contributed by atoms with Crippen LogP contribution < -0.4 is 5.32 Å². The molecule has 2 aliphatic heterocycles. The van der Waals surface area contributed by atoms with Gasteiger partial charge in [0.1, 0.15) is 0 Å². The van der Waals surface area contributed by atoms with Crippen LogP contribution in [0.25, 0.3) is 0 Å². The molecule has 2 atom stereocenters. The van der Waals surface area contributed by atoms with Crippen molar-refractivity contribution in [2.45, 2.75) is 0 Å². The van der Waals surface area contributed by atoms with E-state index in [1.807, 2.05) is 0 Å². The van der Waals surface area contributed by atoms with Crippen molar-refractivity contribution in [2.24, 2.45) is 11.3 Å². The van der Waals surface area contributed by atoms with Gasteiger partial charge in [-0.25, -0.2) is 8.42 Å². The van der Waals surface area contributed by atoms with E-state index in [9.17, 15) is 23.3 Å². The summed E-state index contributed by atoms with van der Waals surface area (Å²) in [7, 11) is -3.22. The van der Waals surface area contributed by atoms with E-state index in [1.54, 1.807) is 29.2 Å². The van der Waals surface area contributed by atoms with Crippen LogP contribution in [0.1, 0.15) is 10.4 Å². The fourth-order valence-corrected chi connectivity index (χ4v) is 5.83. The maximum Gasteiger partial charge on any atom is 0.253 e. The number of sulfone groups is 1. The average Bonchev–Trinajstić information content (AvgIpc) is 3.04. The Morgan fingerprint density at radius 2 is 2.04 bits per heavy atom. The molecule has 3 rings (SSSR count). The van der Waals surface area contributed by atoms with Gasteiger partial charge in [-0.1, -0.05) is 6.58 Å². The third kappa shape index (κ3) is 3.15. The van der Waals surface area contributed by atoms with Crippen molar-refractivity contribution in [3.05, 3.63) is 42.5 Å². The molecule has 1 aromatic carbocycles. The molecule has 0 spiro atoms. The largest absolute Gasteiger partial charge is 0.337 e. The van der Waals surface area contributed by atoms with Crippen molar-refractivity contribution in [3.63, 3.8) is 0 Å². The Hall–Kier alpha value is -2.66. The molecular formula is C17H17N3O4S. The van der Waals surface area contributed by atoms with Gasteiger partial charge in [-0.05, 0) is 30.3 Å². The number of nitrogens with one attached hydrogen (secondary N) is 1. The summed E-state index contributed by atoms with van der Waals surface area (Å²) < 4.78 is 23.6. The van der Waals surface area contributed by atoms with E-state index >= 15 is 0 Å². The Labute approximate surface area is 145 Å².